The van der Waals surface area contributed by atoms with Gasteiger partial charge in [0.15, 0.2) is 11.0 Å². The number of nitrogens with one attached hydrogen (secondary N) is 2. The molecule has 150 valence electrons. The van der Waals surface area contributed by atoms with Crippen molar-refractivity contribution in [2.24, 2.45) is 7.05 Å². The maximum absolute atomic E-state index is 12.3. The summed E-state index contributed by atoms with van der Waals surface area (Å²) in [6.07, 6.45) is 0. The molecule has 2 aromatic carbocycles. The number of methoxy groups -OCH3 is 1. The Balaban J connectivity index is 1.60. The molecule has 0 aliphatic rings. The standard InChI is InChI=1S/C20H21N5O3S/c1-13(26)21-15-5-4-6-16(11-15)22-18(27)12-29-20-24-23-19(25(20)2)14-7-9-17(28-3)10-8-14/h4-11H,12H2,1-3H3,(H,21,26)(H,22,27). The lowest BCUT2D eigenvalue weighted by Crippen LogP contribution is -2.15. The highest BCUT2D eigenvalue weighted by Crippen LogP contribution is 2.24. The van der Waals surface area contributed by atoms with Crippen LogP contribution in [-0.4, -0.2) is 39.4 Å². The van der Waals surface area contributed by atoms with Gasteiger partial charge < -0.3 is 19.9 Å². The first-order valence-corrected chi connectivity index (χ1v) is 9.79. The van der Waals surface area contributed by atoms with E-state index in [-0.39, 0.29) is 17.6 Å². The van der Waals surface area contributed by atoms with E-state index in [1.54, 1.807) is 31.4 Å². The molecule has 0 saturated carbocycles. The minimum atomic E-state index is -0.177. The summed E-state index contributed by atoms with van der Waals surface area (Å²) in [4.78, 5) is 23.4. The van der Waals surface area contributed by atoms with Crippen LogP contribution in [0.1, 0.15) is 6.92 Å². The molecule has 0 aliphatic carbocycles. The van der Waals surface area contributed by atoms with Crippen molar-refractivity contribution < 1.29 is 14.3 Å². The predicted octanol–water partition coefficient (Wildman–Crippen LogP) is 3.18. The lowest BCUT2D eigenvalue weighted by molar-refractivity contribution is -0.114. The number of amides is 2. The molecule has 9 heteroatoms. The lowest BCUT2D eigenvalue weighted by atomic mass is 10.2. The fourth-order valence-electron chi connectivity index (χ4n) is 2.64. The fraction of sp³-hybridized carbons (Fsp3) is 0.200. The van der Waals surface area contributed by atoms with E-state index in [0.29, 0.717) is 22.4 Å². The number of carbonyl (C=O) groups is 2. The van der Waals surface area contributed by atoms with Crippen LogP contribution in [0.2, 0.25) is 0 Å². The highest BCUT2D eigenvalue weighted by molar-refractivity contribution is 7.99. The summed E-state index contributed by atoms with van der Waals surface area (Å²) in [6.45, 7) is 1.43. The third-order valence-electron chi connectivity index (χ3n) is 3.98. The van der Waals surface area contributed by atoms with Crippen LogP contribution in [0.25, 0.3) is 11.4 Å². The Morgan fingerprint density at radius 2 is 1.76 bits per heavy atom. The molecule has 0 spiro atoms. The summed E-state index contributed by atoms with van der Waals surface area (Å²) >= 11 is 1.30. The molecule has 2 amide bonds. The van der Waals surface area contributed by atoms with E-state index in [4.69, 9.17) is 4.74 Å². The zero-order valence-electron chi connectivity index (χ0n) is 16.3. The third-order valence-corrected chi connectivity index (χ3v) is 5.00. The van der Waals surface area contributed by atoms with Crippen molar-refractivity contribution in [3.8, 4) is 17.1 Å². The minimum absolute atomic E-state index is 0.168. The molecule has 8 nitrogen and oxygen atoms in total. The Morgan fingerprint density at radius 1 is 1.07 bits per heavy atom. The molecule has 3 aromatic rings. The summed E-state index contributed by atoms with van der Waals surface area (Å²) in [5.41, 5.74) is 2.14. The summed E-state index contributed by atoms with van der Waals surface area (Å²) in [7, 11) is 3.48. The van der Waals surface area contributed by atoms with Gasteiger partial charge in [0.05, 0.1) is 12.9 Å². The summed E-state index contributed by atoms with van der Waals surface area (Å²) in [5, 5.41) is 14.5. The van der Waals surface area contributed by atoms with Gasteiger partial charge in [0.2, 0.25) is 11.8 Å². The highest BCUT2D eigenvalue weighted by Gasteiger charge is 2.13. The summed E-state index contributed by atoms with van der Waals surface area (Å²) in [6, 6.07) is 14.5. The molecule has 1 heterocycles. The molecular formula is C20H21N5O3S. The van der Waals surface area contributed by atoms with Crippen molar-refractivity contribution in [1.29, 1.82) is 0 Å². The average molecular weight is 411 g/mol. The Hall–Kier alpha value is -3.33. The SMILES string of the molecule is COc1ccc(-c2nnc(SCC(=O)Nc3cccc(NC(C)=O)c3)n2C)cc1. The zero-order chi connectivity index (χ0) is 20.8. The molecule has 29 heavy (non-hydrogen) atoms. The Kier molecular flexibility index (Phi) is 6.50. The van der Waals surface area contributed by atoms with Gasteiger partial charge in [-0.25, -0.2) is 0 Å². The minimum Gasteiger partial charge on any atom is -0.497 e. The number of ether oxygens (including phenoxy) is 1. The smallest absolute Gasteiger partial charge is 0.234 e. The largest absolute Gasteiger partial charge is 0.497 e. The van der Waals surface area contributed by atoms with E-state index in [2.05, 4.69) is 20.8 Å². The van der Waals surface area contributed by atoms with Crippen molar-refractivity contribution in [2.45, 2.75) is 12.1 Å². The predicted molar refractivity (Wildman–Crippen MR) is 113 cm³/mol. The molecule has 2 N–H and O–H groups in total. The maximum atomic E-state index is 12.3. The topological polar surface area (TPSA) is 98.1 Å². The molecule has 0 aliphatic heterocycles. The van der Waals surface area contributed by atoms with Gasteiger partial charge in [-0.3, -0.25) is 9.59 Å². The highest BCUT2D eigenvalue weighted by atomic mass is 32.2. The number of rotatable bonds is 7. The van der Waals surface area contributed by atoms with E-state index >= 15 is 0 Å². The third kappa shape index (κ3) is 5.35. The van der Waals surface area contributed by atoms with E-state index in [1.807, 2.05) is 35.9 Å². The fourth-order valence-corrected chi connectivity index (χ4v) is 3.35. The van der Waals surface area contributed by atoms with Gasteiger partial charge in [-0.05, 0) is 42.5 Å². The summed E-state index contributed by atoms with van der Waals surface area (Å²) in [5.74, 6) is 1.31. The molecule has 0 saturated heterocycles. The monoisotopic (exact) mass is 411 g/mol. The van der Waals surface area contributed by atoms with E-state index in [0.717, 1.165) is 11.3 Å². The van der Waals surface area contributed by atoms with Crippen molar-refractivity contribution in [2.75, 3.05) is 23.5 Å². The van der Waals surface area contributed by atoms with Crippen molar-refractivity contribution in [3.05, 3.63) is 48.5 Å². The van der Waals surface area contributed by atoms with E-state index < -0.39 is 0 Å². The van der Waals surface area contributed by atoms with Crippen molar-refractivity contribution in [3.63, 3.8) is 0 Å². The summed E-state index contributed by atoms with van der Waals surface area (Å²) < 4.78 is 7.01. The number of hydrogen-bond donors (Lipinski definition) is 2. The molecule has 0 fully saturated rings. The number of aromatic nitrogens is 3. The number of anilines is 2. The van der Waals surface area contributed by atoms with Crippen molar-refractivity contribution in [1.82, 2.24) is 14.8 Å². The molecule has 1 aromatic heterocycles. The quantitative estimate of drug-likeness (QED) is 0.580. The second kappa shape index (κ2) is 9.24. The zero-order valence-corrected chi connectivity index (χ0v) is 17.1. The Morgan fingerprint density at radius 3 is 2.41 bits per heavy atom. The molecule has 0 bridgehead atoms. The average Bonchev–Trinajstić information content (AvgIpc) is 3.06. The molecule has 0 unspecified atom stereocenters. The van der Waals surface area contributed by atoms with E-state index in [9.17, 15) is 9.59 Å². The van der Waals surface area contributed by atoms with Gasteiger partial charge in [-0.15, -0.1) is 10.2 Å². The van der Waals surface area contributed by atoms with Crippen LogP contribution in [0.3, 0.4) is 0 Å². The van der Waals surface area contributed by atoms with Gasteiger partial charge in [-0.1, -0.05) is 17.8 Å². The maximum Gasteiger partial charge on any atom is 0.234 e. The van der Waals surface area contributed by atoms with E-state index in [1.165, 1.54) is 18.7 Å². The van der Waals surface area contributed by atoms with Gasteiger partial charge >= 0.3 is 0 Å². The molecule has 0 radical (unpaired) electrons. The van der Waals surface area contributed by atoms with Crippen LogP contribution in [0.15, 0.2) is 53.7 Å². The van der Waals surface area contributed by atoms with Gasteiger partial charge in [0, 0.05) is 30.9 Å². The number of thioether (sulfide) groups is 1. The van der Waals surface area contributed by atoms with Gasteiger partial charge in [0.25, 0.3) is 0 Å². The normalized spacial score (nSPS) is 10.4. The first kappa shape index (κ1) is 20.4. The van der Waals surface area contributed by atoms with Crippen LogP contribution >= 0.6 is 11.8 Å². The second-order valence-corrected chi connectivity index (χ2v) is 7.14. The number of carbonyl (C=O) groups excluding carboxylic acids is 2. The van der Waals surface area contributed by atoms with Gasteiger partial charge in [0.1, 0.15) is 5.75 Å². The van der Waals surface area contributed by atoms with Crippen LogP contribution in [0.4, 0.5) is 11.4 Å². The van der Waals surface area contributed by atoms with Crippen LogP contribution in [0, 0.1) is 0 Å². The number of benzene rings is 2. The first-order valence-electron chi connectivity index (χ1n) is 8.80. The Bertz CT molecular complexity index is 1020. The first-order chi connectivity index (χ1) is 14.0. The second-order valence-electron chi connectivity index (χ2n) is 6.19. The van der Waals surface area contributed by atoms with Gasteiger partial charge in [-0.2, -0.15) is 0 Å². The molecular weight excluding hydrogens is 390 g/mol. The number of nitrogens with zero attached hydrogens (tertiary/aromatic N) is 3. The molecule has 0 atom stereocenters. The number of hydrogen-bond acceptors (Lipinski definition) is 6. The Labute approximate surface area is 172 Å². The van der Waals surface area contributed by atoms with Crippen LogP contribution in [0.5, 0.6) is 5.75 Å². The lowest BCUT2D eigenvalue weighted by Gasteiger charge is -2.08. The van der Waals surface area contributed by atoms with Crippen molar-refractivity contribution >= 4 is 35.0 Å². The molecule has 3 rings (SSSR count). The van der Waals surface area contributed by atoms with Crippen LogP contribution in [-0.2, 0) is 16.6 Å². The van der Waals surface area contributed by atoms with Crippen LogP contribution < -0.4 is 15.4 Å².